The van der Waals surface area contributed by atoms with E-state index in [0.29, 0.717) is 6.61 Å². The third-order valence-electron chi connectivity index (χ3n) is 6.01. The maximum atomic E-state index is 12.0. The summed E-state index contributed by atoms with van der Waals surface area (Å²) in [5, 5.41) is 0. The van der Waals surface area contributed by atoms with E-state index >= 15 is 0 Å². The van der Waals surface area contributed by atoms with Crippen LogP contribution in [0.25, 0.3) is 6.08 Å². The first-order valence-electron chi connectivity index (χ1n) is 11.6. The van der Waals surface area contributed by atoms with E-state index in [1.807, 2.05) is 25.2 Å². The molecule has 0 N–H and O–H groups in total. The summed E-state index contributed by atoms with van der Waals surface area (Å²) in [6, 6.07) is 2.08. The van der Waals surface area contributed by atoms with Crippen molar-refractivity contribution in [3.63, 3.8) is 0 Å². The van der Waals surface area contributed by atoms with Gasteiger partial charge in [-0.05, 0) is 94.4 Å². The van der Waals surface area contributed by atoms with Gasteiger partial charge >= 0.3 is 5.97 Å². The summed E-state index contributed by atoms with van der Waals surface area (Å²) >= 11 is 0. The summed E-state index contributed by atoms with van der Waals surface area (Å²) in [6.45, 7) is 13.8. The Morgan fingerprint density at radius 3 is 2.44 bits per heavy atom. The van der Waals surface area contributed by atoms with E-state index < -0.39 is 0 Å². The average molecular weight is 438 g/mol. The Morgan fingerprint density at radius 2 is 1.75 bits per heavy atom. The van der Waals surface area contributed by atoms with Crippen LogP contribution in [-0.2, 0) is 9.53 Å². The minimum Gasteiger partial charge on any atom is -0.496 e. The van der Waals surface area contributed by atoms with E-state index in [-0.39, 0.29) is 5.97 Å². The Morgan fingerprint density at radius 1 is 1.03 bits per heavy atom. The topological polar surface area (TPSA) is 38.8 Å². The number of esters is 1. The molecule has 0 spiro atoms. The van der Waals surface area contributed by atoms with Gasteiger partial charge in [0.2, 0.25) is 0 Å². The number of rotatable bonds is 9. The highest BCUT2D eigenvalue weighted by Crippen LogP contribution is 2.28. The molecule has 0 aromatic heterocycles. The first-order chi connectivity index (χ1) is 15.3. The molecule has 174 valence electrons. The molecular formula is C28H39NO3. The number of hydrogen-bond acceptors (Lipinski definition) is 4. The quantitative estimate of drug-likeness (QED) is 0.265. The maximum absolute atomic E-state index is 12.0. The van der Waals surface area contributed by atoms with E-state index in [9.17, 15) is 4.79 Å². The predicted molar refractivity (Wildman–Crippen MR) is 134 cm³/mol. The van der Waals surface area contributed by atoms with Gasteiger partial charge in [0.15, 0.2) is 0 Å². The highest BCUT2D eigenvalue weighted by atomic mass is 16.5. The van der Waals surface area contributed by atoms with Gasteiger partial charge in [-0.15, -0.1) is 0 Å². The number of nitrogens with zero attached hydrogens (tertiary/aromatic N) is 1. The van der Waals surface area contributed by atoms with Gasteiger partial charge in [-0.1, -0.05) is 42.4 Å². The molecule has 1 heterocycles. The zero-order valence-corrected chi connectivity index (χ0v) is 20.7. The van der Waals surface area contributed by atoms with Crippen molar-refractivity contribution < 1.29 is 14.3 Å². The average Bonchev–Trinajstić information content (AvgIpc) is 2.76. The summed E-state index contributed by atoms with van der Waals surface area (Å²) in [7, 11) is 1.71. The lowest BCUT2D eigenvalue weighted by Crippen LogP contribution is -2.33. The molecule has 0 aliphatic carbocycles. The van der Waals surface area contributed by atoms with Gasteiger partial charge in [0.1, 0.15) is 12.4 Å². The van der Waals surface area contributed by atoms with E-state index in [4.69, 9.17) is 9.47 Å². The summed E-state index contributed by atoms with van der Waals surface area (Å²) < 4.78 is 10.8. The van der Waals surface area contributed by atoms with Crippen LogP contribution in [0.2, 0.25) is 0 Å². The largest absolute Gasteiger partial charge is 0.496 e. The number of carbonyl (C=O) groups excluding carboxylic acids is 1. The molecule has 0 atom stereocenters. The van der Waals surface area contributed by atoms with Crippen LogP contribution in [0.1, 0.15) is 55.4 Å². The number of ether oxygens (including phenoxy) is 2. The fourth-order valence-corrected chi connectivity index (χ4v) is 3.89. The lowest BCUT2D eigenvalue weighted by Gasteiger charge is -2.25. The normalized spacial score (nSPS) is 16.2. The van der Waals surface area contributed by atoms with Gasteiger partial charge < -0.3 is 9.47 Å². The van der Waals surface area contributed by atoms with Gasteiger partial charge in [0.05, 0.1) is 7.11 Å². The molecule has 1 aliphatic heterocycles. The fourth-order valence-electron chi connectivity index (χ4n) is 3.89. The van der Waals surface area contributed by atoms with Gasteiger partial charge in [0.25, 0.3) is 0 Å². The smallest absolute Gasteiger partial charge is 0.331 e. The molecule has 1 aromatic carbocycles. The number of hydrogen-bond donors (Lipinski definition) is 0. The Balaban J connectivity index is 1.87. The van der Waals surface area contributed by atoms with E-state index in [1.165, 1.54) is 41.5 Å². The molecule has 0 amide bonds. The number of likely N-dealkylation sites (tertiary alicyclic amines) is 1. The predicted octanol–water partition coefficient (Wildman–Crippen LogP) is 6.11. The van der Waals surface area contributed by atoms with Gasteiger partial charge in [-0.3, -0.25) is 4.90 Å². The number of piperidine rings is 1. The Kier molecular flexibility index (Phi) is 10.5. The van der Waals surface area contributed by atoms with Crippen LogP contribution in [0.3, 0.4) is 0 Å². The molecular weight excluding hydrogens is 398 g/mol. The highest BCUT2D eigenvalue weighted by Gasteiger charge is 2.10. The molecule has 4 heteroatoms. The van der Waals surface area contributed by atoms with Crippen LogP contribution in [0.5, 0.6) is 5.75 Å². The molecule has 0 radical (unpaired) electrons. The zero-order valence-electron chi connectivity index (χ0n) is 20.7. The monoisotopic (exact) mass is 437 g/mol. The van der Waals surface area contributed by atoms with E-state index in [1.54, 1.807) is 13.2 Å². The number of carbonyl (C=O) groups is 1. The van der Waals surface area contributed by atoms with Crippen molar-refractivity contribution in [2.75, 3.05) is 33.4 Å². The Labute approximate surface area is 194 Å². The fraction of sp³-hybridized carbons (Fsp3) is 0.464. The van der Waals surface area contributed by atoms with Crippen LogP contribution < -0.4 is 4.74 Å². The second kappa shape index (κ2) is 13.1. The van der Waals surface area contributed by atoms with Crippen molar-refractivity contribution in [2.45, 2.75) is 53.9 Å². The molecule has 2 rings (SSSR count). The van der Waals surface area contributed by atoms with Crippen molar-refractivity contribution in [1.82, 2.24) is 4.90 Å². The van der Waals surface area contributed by atoms with Crippen molar-refractivity contribution in [3.05, 3.63) is 69.8 Å². The lowest BCUT2D eigenvalue weighted by molar-refractivity contribution is -0.138. The van der Waals surface area contributed by atoms with Crippen LogP contribution in [0.4, 0.5) is 0 Å². The van der Waals surface area contributed by atoms with Crippen LogP contribution >= 0.6 is 0 Å². The van der Waals surface area contributed by atoms with Crippen LogP contribution in [-0.4, -0.2) is 44.2 Å². The molecule has 0 saturated carbocycles. The number of methoxy groups -OCH3 is 1. The number of allylic oxidation sites excluding steroid dienone is 6. The highest BCUT2D eigenvalue weighted by molar-refractivity contribution is 5.83. The SMILES string of the molecule is COc1cc(C)c(C=CC(C)=CC=CC(C)=CC(=O)OCCN2CCCCC2)c(C)c1C. The minimum atomic E-state index is -0.273. The first-order valence-corrected chi connectivity index (χ1v) is 11.6. The molecule has 1 saturated heterocycles. The first kappa shape index (κ1) is 25.7. The Bertz CT molecular complexity index is 900. The third kappa shape index (κ3) is 8.16. The third-order valence-corrected chi connectivity index (χ3v) is 6.01. The van der Waals surface area contributed by atoms with Crippen molar-refractivity contribution in [1.29, 1.82) is 0 Å². The van der Waals surface area contributed by atoms with Crippen LogP contribution in [0, 0.1) is 20.8 Å². The molecule has 1 fully saturated rings. The van der Waals surface area contributed by atoms with Crippen molar-refractivity contribution in [2.24, 2.45) is 0 Å². The van der Waals surface area contributed by atoms with E-state index in [0.717, 1.165) is 36.5 Å². The summed E-state index contributed by atoms with van der Waals surface area (Å²) in [4.78, 5) is 14.4. The second-order valence-electron chi connectivity index (χ2n) is 8.62. The molecule has 0 bridgehead atoms. The second-order valence-corrected chi connectivity index (χ2v) is 8.62. The van der Waals surface area contributed by atoms with Crippen LogP contribution in [0.15, 0.2) is 47.6 Å². The molecule has 32 heavy (non-hydrogen) atoms. The van der Waals surface area contributed by atoms with E-state index in [2.05, 4.69) is 50.8 Å². The molecule has 4 nitrogen and oxygen atoms in total. The maximum Gasteiger partial charge on any atom is 0.331 e. The zero-order chi connectivity index (χ0) is 23.5. The lowest BCUT2D eigenvalue weighted by atomic mass is 9.96. The van der Waals surface area contributed by atoms with Gasteiger partial charge in [-0.2, -0.15) is 0 Å². The molecule has 1 aromatic rings. The number of aryl methyl sites for hydroxylation is 1. The number of benzene rings is 1. The molecule has 0 unspecified atom stereocenters. The summed E-state index contributed by atoms with van der Waals surface area (Å²) in [5.41, 5.74) is 6.83. The molecule has 1 aliphatic rings. The minimum absolute atomic E-state index is 0.273. The van der Waals surface area contributed by atoms with Crippen molar-refractivity contribution >= 4 is 12.0 Å². The Hall–Kier alpha value is -2.59. The summed E-state index contributed by atoms with van der Waals surface area (Å²) in [6.07, 6.45) is 15.6. The standard InChI is InChI=1S/C28H39NO3/c1-21(13-14-26-23(3)20-27(31-6)25(5)24(26)4)11-10-12-22(2)19-28(30)32-18-17-29-15-8-7-9-16-29/h10-14,19-20H,7-9,15-18H2,1-6H3. The summed E-state index contributed by atoms with van der Waals surface area (Å²) in [5.74, 6) is 0.658. The van der Waals surface area contributed by atoms with Gasteiger partial charge in [0, 0.05) is 12.6 Å². The van der Waals surface area contributed by atoms with Gasteiger partial charge in [-0.25, -0.2) is 4.79 Å². The van der Waals surface area contributed by atoms with Crippen molar-refractivity contribution in [3.8, 4) is 5.75 Å².